The average Bonchev–Trinajstić information content (AvgIpc) is 3.22. The number of unbranched alkanes of at least 4 members (excludes halogenated alkanes) is 30. The molecule has 0 aromatic rings. The van der Waals surface area contributed by atoms with Gasteiger partial charge in [0.15, 0.2) is 6.10 Å². The first-order valence-corrected chi connectivity index (χ1v) is 25.9. The van der Waals surface area contributed by atoms with Crippen molar-refractivity contribution in [1.82, 2.24) is 0 Å². The van der Waals surface area contributed by atoms with Crippen molar-refractivity contribution in [3.8, 4) is 0 Å². The standard InChI is InChI=1S/C53H99NO7/c1-6-8-10-12-14-16-18-20-22-24-26-28-29-31-33-35-37-39-41-43-51(55)60-48-49(47-59-46-45-50(53(57)58)54(3,4)5)61-52(56)44-42-40-38-36-34-32-30-27-25-23-21-19-17-15-13-11-9-7-2/h14,16,18,20,49-50H,6-13,15,17,19,21-48H2,1-5H3/b16-14+,20-18+. The van der Waals surface area contributed by atoms with Crippen molar-refractivity contribution in [3.63, 3.8) is 0 Å². The maximum atomic E-state index is 12.8. The predicted octanol–water partition coefficient (Wildman–Crippen LogP) is 13.5. The van der Waals surface area contributed by atoms with Gasteiger partial charge in [-0.05, 0) is 38.5 Å². The van der Waals surface area contributed by atoms with E-state index >= 15 is 0 Å². The molecule has 0 fully saturated rings. The zero-order valence-corrected chi connectivity index (χ0v) is 40.8. The Balaban J connectivity index is 4.21. The number of carbonyl (C=O) groups is 3. The molecule has 0 aliphatic heterocycles. The molecule has 2 atom stereocenters. The van der Waals surface area contributed by atoms with E-state index in [1.807, 2.05) is 21.1 Å². The number of hydrogen-bond acceptors (Lipinski definition) is 7. The maximum Gasteiger partial charge on any atom is 0.306 e. The minimum Gasteiger partial charge on any atom is -0.544 e. The first-order valence-electron chi connectivity index (χ1n) is 25.9. The number of likely N-dealkylation sites (N-methyl/N-ethyl adjacent to an activating group) is 1. The van der Waals surface area contributed by atoms with E-state index in [0.717, 1.165) is 38.5 Å². The number of nitrogens with zero attached hydrogens (tertiary/aromatic N) is 1. The Bertz CT molecular complexity index is 1050. The van der Waals surface area contributed by atoms with Crippen LogP contribution in [0.4, 0.5) is 0 Å². The molecule has 8 heteroatoms. The highest BCUT2D eigenvalue weighted by molar-refractivity contribution is 5.70. The second-order valence-electron chi connectivity index (χ2n) is 18.8. The lowest BCUT2D eigenvalue weighted by Crippen LogP contribution is -2.55. The summed E-state index contributed by atoms with van der Waals surface area (Å²) in [7, 11) is 5.42. The largest absolute Gasteiger partial charge is 0.544 e. The first kappa shape index (κ1) is 58.8. The number of quaternary nitrogens is 1. The zero-order valence-electron chi connectivity index (χ0n) is 40.8. The zero-order chi connectivity index (χ0) is 44.9. The molecule has 0 heterocycles. The van der Waals surface area contributed by atoms with Gasteiger partial charge in [-0.1, -0.05) is 212 Å². The number of esters is 2. The third-order valence-corrected chi connectivity index (χ3v) is 11.9. The summed E-state index contributed by atoms with van der Waals surface area (Å²) < 4.78 is 17.3. The Kier molecular flexibility index (Phi) is 42.8. The van der Waals surface area contributed by atoms with Gasteiger partial charge in [-0.25, -0.2) is 0 Å². The number of aliphatic carboxylic acids is 1. The summed E-state index contributed by atoms with van der Waals surface area (Å²) in [5, 5.41) is 11.7. The molecule has 2 unspecified atom stereocenters. The van der Waals surface area contributed by atoms with Crippen molar-refractivity contribution >= 4 is 17.9 Å². The molecule has 0 spiro atoms. The molecule has 358 valence electrons. The van der Waals surface area contributed by atoms with Crippen LogP contribution in [0.5, 0.6) is 0 Å². The summed E-state index contributed by atoms with van der Waals surface area (Å²) in [6, 6.07) is -0.723. The molecule has 0 aromatic carbocycles. The summed E-state index contributed by atoms with van der Waals surface area (Å²) in [5.41, 5.74) is 0. The Morgan fingerprint density at radius 1 is 0.492 bits per heavy atom. The summed E-state index contributed by atoms with van der Waals surface area (Å²) in [6.07, 6.45) is 50.6. The highest BCUT2D eigenvalue weighted by Gasteiger charge is 2.25. The third kappa shape index (κ3) is 42.9. The van der Waals surface area contributed by atoms with Crippen LogP contribution in [0.2, 0.25) is 0 Å². The fourth-order valence-corrected chi connectivity index (χ4v) is 7.83. The lowest BCUT2D eigenvalue weighted by Gasteiger charge is -2.34. The normalized spacial score (nSPS) is 13.0. The van der Waals surface area contributed by atoms with Gasteiger partial charge in [0, 0.05) is 19.3 Å². The van der Waals surface area contributed by atoms with E-state index < -0.39 is 18.1 Å². The summed E-state index contributed by atoms with van der Waals surface area (Å²) in [4.78, 5) is 37.0. The number of ether oxygens (including phenoxy) is 3. The smallest absolute Gasteiger partial charge is 0.306 e. The van der Waals surface area contributed by atoms with Crippen molar-refractivity contribution in [2.75, 3.05) is 41.0 Å². The van der Waals surface area contributed by atoms with E-state index in [1.54, 1.807) is 0 Å². The molecule has 0 bridgehead atoms. The van der Waals surface area contributed by atoms with Gasteiger partial charge >= 0.3 is 11.9 Å². The molecule has 0 saturated carbocycles. The number of allylic oxidation sites excluding steroid dienone is 4. The Labute approximate surface area is 377 Å². The van der Waals surface area contributed by atoms with E-state index in [4.69, 9.17) is 14.2 Å². The van der Waals surface area contributed by atoms with Gasteiger partial charge in [0.1, 0.15) is 12.6 Å². The lowest BCUT2D eigenvalue weighted by molar-refractivity contribution is -0.889. The van der Waals surface area contributed by atoms with Crippen LogP contribution in [0.25, 0.3) is 0 Å². The molecule has 0 rings (SSSR count). The quantitative estimate of drug-likeness (QED) is 0.0260. The van der Waals surface area contributed by atoms with Crippen LogP contribution in [0.3, 0.4) is 0 Å². The Morgan fingerprint density at radius 3 is 1.26 bits per heavy atom. The number of carboxylic acid groups (broad SMARTS) is 1. The van der Waals surface area contributed by atoms with Gasteiger partial charge < -0.3 is 28.6 Å². The van der Waals surface area contributed by atoms with Crippen LogP contribution in [0.1, 0.15) is 245 Å². The first-order chi connectivity index (χ1) is 29.6. The molecule has 0 aromatic heterocycles. The van der Waals surface area contributed by atoms with E-state index in [0.29, 0.717) is 12.8 Å². The number of hydrogen-bond donors (Lipinski definition) is 0. The van der Waals surface area contributed by atoms with Gasteiger partial charge in [-0.3, -0.25) is 9.59 Å². The molecule has 0 aliphatic carbocycles. The molecule has 61 heavy (non-hydrogen) atoms. The topological polar surface area (TPSA) is 102 Å². The van der Waals surface area contributed by atoms with Gasteiger partial charge in [-0.15, -0.1) is 0 Å². The summed E-state index contributed by atoms with van der Waals surface area (Å²) in [5.74, 6) is -1.72. The predicted molar refractivity (Wildman–Crippen MR) is 254 cm³/mol. The minimum atomic E-state index is -1.12. The summed E-state index contributed by atoms with van der Waals surface area (Å²) in [6.45, 7) is 4.67. The van der Waals surface area contributed by atoms with E-state index in [2.05, 4.69) is 38.2 Å². The fourth-order valence-electron chi connectivity index (χ4n) is 7.83. The van der Waals surface area contributed by atoms with E-state index in [-0.39, 0.29) is 42.7 Å². The number of carboxylic acids is 1. The van der Waals surface area contributed by atoms with Crippen LogP contribution in [0.15, 0.2) is 24.3 Å². The van der Waals surface area contributed by atoms with Gasteiger partial charge in [0.2, 0.25) is 0 Å². The van der Waals surface area contributed by atoms with E-state index in [1.165, 1.54) is 173 Å². The van der Waals surface area contributed by atoms with Crippen molar-refractivity contribution in [3.05, 3.63) is 24.3 Å². The van der Waals surface area contributed by atoms with Crippen LogP contribution < -0.4 is 5.11 Å². The third-order valence-electron chi connectivity index (χ3n) is 11.9. The molecule has 0 radical (unpaired) electrons. The molecular formula is C53H99NO7. The lowest BCUT2D eigenvalue weighted by atomic mass is 10.0. The minimum absolute atomic E-state index is 0.0446. The van der Waals surface area contributed by atoms with Crippen LogP contribution >= 0.6 is 0 Å². The SMILES string of the molecule is CCCCC/C=C/C=C/CCCCCCCCCCCCC(=O)OCC(COCCC(C(=O)[O-])[N+](C)(C)C)OC(=O)CCCCCCCCCCCCCCCCCCCC. The highest BCUT2D eigenvalue weighted by Crippen LogP contribution is 2.16. The molecule has 0 saturated heterocycles. The van der Waals surface area contributed by atoms with Crippen molar-refractivity contribution < 1.29 is 38.2 Å². The number of carbonyl (C=O) groups excluding carboxylic acids is 3. The molecular weight excluding hydrogens is 763 g/mol. The second-order valence-corrected chi connectivity index (χ2v) is 18.8. The average molecular weight is 862 g/mol. The fraction of sp³-hybridized carbons (Fsp3) is 0.868. The second kappa shape index (κ2) is 44.4. The van der Waals surface area contributed by atoms with Crippen molar-refractivity contribution in [2.24, 2.45) is 0 Å². The molecule has 0 aliphatic rings. The molecule has 0 N–H and O–H groups in total. The van der Waals surface area contributed by atoms with Gasteiger partial charge in [0.05, 0.1) is 40.3 Å². The monoisotopic (exact) mass is 862 g/mol. The number of rotatable bonds is 47. The maximum absolute atomic E-state index is 12.8. The molecule has 8 nitrogen and oxygen atoms in total. The van der Waals surface area contributed by atoms with Gasteiger partial charge in [-0.2, -0.15) is 0 Å². The van der Waals surface area contributed by atoms with Gasteiger partial charge in [0.25, 0.3) is 0 Å². The summed E-state index contributed by atoms with van der Waals surface area (Å²) >= 11 is 0. The van der Waals surface area contributed by atoms with E-state index in [9.17, 15) is 19.5 Å². The van der Waals surface area contributed by atoms with Crippen molar-refractivity contribution in [1.29, 1.82) is 0 Å². The van der Waals surface area contributed by atoms with Crippen molar-refractivity contribution in [2.45, 2.75) is 257 Å². The Morgan fingerprint density at radius 2 is 0.852 bits per heavy atom. The van der Waals surface area contributed by atoms with Crippen LogP contribution in [0, 0.1) is 0 Å². The van der Waals surface area contributed by atoms with Crippen LogP contribution in [-0.2, 0) is 28.6 Å². The van der Waals surface area contributed by atoms with Crippen LogP contribution in [-0.4, -0.2) is 75.5 Å². The molecule has 0 amide bonds. The Hall–Kier alpha value is -2.19. The highest BCUT2D eigenvalue weighted by atomic mass is 16.6.